The average molecular weight is 175 g/mol. The first-order chi connectivity index (χ1) is 5.61. The highest BCUT2D eigenvalue weighted by molar-refractivity contribution is 5.80. The molecule has 3 atom stereocenters. The third kappa shape index (κ3) is 2.17. The maximum atomic E-state index is 10.9. The van der Waals surface area contributed by atoms with Crippen LogP contribution in [-0.4, -0.2) is 47.6 Å². The van der Waals surface area contributed by atoms with Crippen molar-refractivity contribution >= 4 is 5.91 Å². The minimum absolute atomic E-state index is 0.241. The molecule has 3 N–H and O–H groups in total. The lowest BCUT2D eigenvalue weighted by molar-refractivity contribution is -0.129. The van der Waals surface area contributed by atoms with Gasteiger partial charge in [-0.2, -0.15) is 0 Å². The van der Waals surface area contributed by atoms with Crippen LogP contribution in [0, 0.1) is 0 Å². The molecule has 3 unspecified atom stereocenters. The summed E-state index contributed by atoms with van der Waals surface area (Å²) in [6.45, 7) is 1.92. The third-order valence-corrected chi connectivity index (χ3v) is 1.76. The molecule has 1 fully saturated rings. The van der Waals surface area contributed by atoms with Crippen molar-refractivity contribution in [3.05, 3.63) is 0 Å². The fraction of sp³-hybridized carbons (Fsp3) is 0.857. The molecule has 12 heavy (non-hydrogen) atoms. The van der Waals surface area contributed by atoms with Gasteiger partial charge in [-0.3, -0.25) is 4.79 Å². The molecule has 0 aromatic rings. The second-order valence-electron chi connectivity index (χ2n) is 2.90. The Morgan fingerprint density at radius 2 is 2.33 bits per heavy atom. The molecule has 0 aromatic heterocycles. The molecule has 0 aliphatic carbocycles. The van der Waals surface area contributed by atoms with E-state index in [-0.39, 0.29) is 12.6 Å². The van der Waals surface area contributed by atoms with Crippen LogP contribution in [0.3, 0.4) is 0 Å². The van der Waals surface area contributed by atoms with Gasteiger partial charge in [0.05, 0.1) is 25.4 Å². The summed E-state index contributed by atoms with van der Waals surface area (Å²) in [5.74, 6) is -0.482. The van der Waals surface area contributed by atoms with Gasteiger partial charge in [0.15, 0.2) is 0 Å². The topological polar surface area (TPSA) is 78.8 Å². The summed E-state index contributed by atoms with van der Waals surface area (Å²) < 4.78 is 4.90. The number of ether oxygens (including phenoxy) is 1. The van der Waals surface area contributed by atoms with E-state index < -0.39 is 18.1 Å². The number of carbonyl (C=O) groups excluding carboxylic acids is 1. The van der Waals surface area contributed by atoms with E-state index in [1.54, 1.807) is 0 Å². The van der Waals surface area contributed by atoms with Crippen molar-refractivity contribution in [2.24, 2.45) is 0 Å². The molecule has 1 amide bonds. The van der Waals surface area contributed by atoms with Crippen LogP contribution >= 0.6 is 0 Å². The Hall–Kier alpha value is -0.650. The first-order valence-electron chi connectivity index (χ1n) is 3.85. The zero-order valence-electron chi connectivity index (χ0n) is 6.86. The monoisotopic (exact) mass is 175 g/mol. The van der Waals surface area contributed by atoms with Gasteiger partial charge in [0, 0.05) is 0 Å². The molecule has 0 spiro atoms. The van der Waals surface area contributed by atoms with Gasteiger partial charge in [-0.15, -0.1) is 0 Å². The zero-order chi connectivity index (χ0) is 9.14. The van der Waals surface area contributed by atoms with Crippen LogP contribution in [0.5, 0.6) is 0 Å². The van der Waals surface area contributed by atoms with Gasteiger partial charge in [-0.1, -0.05) is 0 Å². The summed E-state index contributed by atoms with van der Waals surface area (Å²) in [6, 6.07) is -0.382. The molecule has 1 aliphatic rings. The molecule has 1 aliphatic heterocycles. The highest BCUT2D eigenvalue weighted by Gasteiger charge is 2.28. The molecular weight excluding hydrogens is 162 g/mol. The van der Waals surface area contributed by atoms with Crippen molar-refractivity contribution in [2.75, 3.05) is 13.2 Å². The molecule has 5 heteroatoms. The van der Waals surface area contributed by atoms with E-state index in [1.165, 1.54) is 6.92 Å². The zero-order valence-corrected chi connectivity index (χ0v) is 6.86. The summed E-state index contributed by atoms with van der Waals surface area (Å²) in [5.41, 5.74) is 0. The first-order valence-corrected chi connectivity index (χ1v) is 3.85. The summed E-state index contributed by atoms with van der Waals surface area (Å²) in [5, 5.41) is 20.5. The summed E-state index contributed by atoms with van der Waals surface area (Å²) in [6.07, 6.45) is -1.70. The van der Waals surface area contributed by atoms with Gasteiger partial charge in [0.25, 0.3) is 0 Å². The molecule has 70 valence electrons. The van der Waals surface area contributed by atoms with E-state index in [0.717, 1.165) is 0 Å². The molecule has 0 radical (unpaired) electrons. The fourth-order valence-corrected chi connectivity index (χ4v) is 0.984. The van der Waals surface area contributed by atoms with E-state index in [0.29, 0.717) is 6.61 Å². The van der Waals surface area contributed by atoms with Crippen molar-refractivity contribution in [3.63, 3.8) is 0 Å². The number of carbonyl (C=O) groups is 1. The van der Waals surface area contributed by atoms with E-state index in [2.05, 4.69) is 5.32 Å². The van der Waals surface area contributed by atoms with Crippen molar-refractivity contribution in [2.45, 2.75) is 25.2 Å². The van der Waals surface area contributed by atoms with Crippen LogP contribution in [0.25, 0.3) is 0 Å². The van der Waals surface area contributed by atoms with E-state index in [9.17, 15) is 9.90 Å². The lowest BCUT2D eigenvalue weighted by atomic mass is 10.2. The lowest BCUT2D eigenvalue weighted by Gasteiger charge is -2.15. The number of aliphatic hydroxyl groups is 2. The highest BCUT2D eigenvalue weighted by Crippen LogP contribution is 2.04. The van der Waals surface area contributed by atoms with Gasteiger partial charge in [0.1, 0.15) is 6.10 Å². The van der Waals surface area contributed by atoms with Gasteiger partial charge in [0.2, 0.25) is 5.91 Å². The van der Waals surface area contributed by atoms with E-state index in [4.69, 9.17) is 9.84 Å². The number of nitrogens with one attached hydrogen (secondary N) is 1. The Bertz CT molecular complexity index is 171. The second-order valence-corrected chi connectivity index (χ2v) is 2.90. The van der Waals surface area contributed by atoms with Gasteiger partial charge in [-0.05, 0) is 6.92 Å². The minimum Gasteiger partial charge on any atom is -0.388 e. The maximum absolute atomic E-state index is 10.9. The summed E-state index contributed by atoms with van der Waals surface area (Å²) in [7, 11) is 0. The summed E-state index contributed by atoms with van der Waals surface area (Å²) in [4.78, 5) is 10.9. The highest BCUT2D eigenvalue weighted by atomic mass is 16.5. The molecule has 0 bridgehead atoms. The molecule has 0 saturated carbocycles. The van der Waals surface area contributed by atoms with Gasteiger partial charge >= 0.3 is 0 Å². The van der Waals surface area contributed by atoms with Crippen molar-refractivity contribution in [1.82, 2.24) is 5.32 Å². The normalized spacial score (nSPS) is 31.6. The summed E-state index contributed by atoms with van der Waals surface area (Å²) >= 11 is 0. The van der Waals surface area contributed by atoms with Crippen molar-refractivity contribution in [3.8, 4) is 0 Å². The number of hydrogen-bond acceptors (Lipinski definition) is 4. The molecule has 0 aromatic carbocycles. The van der Waals surface area contributed by atoms with Gasteiger partial charge in [-0.25, -0.2) is 0 Å². The first kappa shape index (κ1) is 9.44. The number of hydrogen-bond donors (Lipinski definition) is 3. The van der Waals surface area contributed by atoms with Crippen molar-refractivity contribution in [1.29, 1.82) is 0 Å². The van der Waals surface area contributed by atoms with E-state index >= 15 is 0 Å². The van der Waals surface area contributed by atoms with Gasteiger partial charge < -0.3 is 20.3 Å². The Morgan fingerprint density at radius 3 is 2.75 bits per heavy atom. The third-order valence-electron chi connectivity index (χ3n) is 1.76. The predicted octanol–water partition coefficient (Wildman–Crippen LogP) is -1.76. The van der Waals surface area contributed by atoms with Crippen LogP contribution in [-0.2, 0) is 9.53 Å². The standard InChI is InChI=1S/C7H13NO4/c1-4(9)7(11)8-5-2-12-3-6(5)10/h4-6,9-10H,2-3H2,1H3,(H,8,11). The van der Waals surface area contributed by atoms with Crippen LogP contribution in [0.15, 0.2) is 0 Å². The molecule has 5 nitrogen and oxygen atoms in total. The number of amides is 1. The molecule has 1 saturated heterocycles. The SMILES string of the molecule is CC(O)C(=O)NC1COCC1O. The molecule has 1 heterocycles. The Morgan fingerprint density at radius 1 is 1.67 bits per heavy atom. The number of aliphatic hydroxyl groups excluding tert-OH is 2. The van der Waals surface area contributed by atoms with Crippen LogP contribution in [0.1, 0.15) is 6.92 Å². The molecular formula is C7H13NO4. The van der Waals surface area contributed by atoms with Crippen LogP contribution in [0.2, 0.25) is 0 Å². The van der Waals surface area contributed by atoms with E-state index in [1.807, 2.05) is 0 Å². The van der Waals surface area contributed by atoms with Crippen molar-refractivity contribution < 1.29 is 19.7 Å². The fourth-order valence-electron chi connectivity index (χ4n) is 0.984. The Labute approximate surface area is 70.3 Å². The van der Waals surface area contributed by atoms with Crippen LogP contribution in [0.4, 0.5) is 0 Å². The Kier molecular flexibility index (Phi) is 3.02. The smallest absolute Gasteiger partial charge is 0.248 e. The minimum atomic E-state index is -1.04. The van der Waals surface area contributed by atoms with Crippen LogP contribution < -0.4 is 5.32 Å². The number of rotatable bonds is 2. The lowest BCUT2D eigenvalue weighted by Crippen LogP contribution is -2.46. The maximum Gasteiger partial charge on any atom is 0.248 e. The predicted molar refractivity (Wildman–Crippen MR) is 40.4 cm³/mol. The molecule has 1 rings (SSSR count). The second kappa shape index (κ2) is 3.84. The average Bonchev–Trinajstić information content (AvgIpc) is 2.36. The largest absolute Gasteiger partial charge is 0.388 e. The Balaban J connectivity index is 2.35. The quantitative estimate of drug-likeness (QED) is 0.464.